The molecule has 0 spiro atoms. The van der Waals surface area contributed by atoms with Gasteiger partial charge >= 0.3 is 0 Å². The highest BCUT2D eigenvalue weighted by molar-refractivity contribution is 7.98. The highest BCUT2D eigenvalue weighted by atomic mass is 35.5. The molecule has 8 heteroatoms. The van der Waals surface area contributed by atoms with Gasteiger partial charge in [-0.2, -0.15) is 0 Å². The molecule has 5 nitrogen and oxygen atoms in total. The topological polar surface area (TPSA) is 72.4 Å². The average Bonchev–Trinajstić information content (AvgIpc) is 3.43. The number of nitrogens with one attached hydrogen (secondary N) is 1. The van der Waals surface area contributed by atoms with Crippen LogP contribution in [-0.2, 0) is 5.75 Å². The molecule has 1 aliphatic carbocycles. The van der Waals surface area contributed by atoms with Crippen LogP contribution in [0.1, 0.15) is 28.9 Å². The molecule has 4 rings (SSSR count). The van der Waals surface area contributed by atoms with Crippen LogP contribution in [0, 0.1) is 5.92 Å². The lowest BCUT2D eigenvalue weighted by Gasteiger charge is -2.17. The maximum absolute atomic E-state index is 12.7. The number of pyridine rings is 1. The Morgan fingerprint density at radius 3 is 2.68 bits per heavy atom. The second kappa shape index (κ2) is 10.2. The Bertz CT molecular complexity index is 896. The van der Waals surface area contributed by atoms with Gasteiger partial charge in [0.25, 0.3) is 5.91 Å². The van der Waals surface area contributed by atoms with E-state index in [1.54, 1.807) is 11.8 Å². The largest absolute Gasteiger partial charge is 0.348 e. The van der Waals surface area contributed by atoms with E-state index in [0.717, 1.165) is 34.8 Å². The van der Waals surface area contributed by atoms with Gasteiger partial charge in [-0.3, -0.25) is 4.79 Å². The number of amides is 1. The number of hydrogen-bond acceptors (Lipinski definition) is 4. The maximum atomic E-state index is 12.7. The summed E-state index contributed by atoms with van der Waals surface area (Å²) in [4.78, 5) is 18.3. The molecule has 0 aliphatic heterocycles. The second-order valence-corrected chi connectivity index (χ2v) is 7.65. The first-order valence-electron chi connectivity index (χ1n) is 8.90. The van der Waals surface area contributed by atoms with Crippen molar-refractivity contribution in [1.82, 2.24) is 14.7 Å². The normalized spacial score (nSPS) is 14.0. The van der Waals surface area contributed by atoms with E-state index in [1.807, 2.05) is 59.3 Å². The van der Waals surface area contributed by atoms with E-state index in [1.165, 1.54) is 0 Å². The van der Waals surface area contributed by atoms with Gasteiger partial charge in [-0.25, -0.2) is 4.98 Å². The van der Waals surface area contributed by atoms with Crippen molar-refractivity contribution in [3.8, 4) is 0 Å². The lowest BCUT2D eigenvalue weighted by Crippen LogP contribution is -2.41. The molecule has 2 aromatic heterocycles. The van der Waals surface area contributed by atoms with E-state index < -0.39 is 0 Å². The summed E-state index contributed by atoms with van der Waals surface area (Å²) in [6.45, 7) is 0.493. The van der Waals surface area contributed by atoms with Gasteiger partial charge < -0.3 is 15.5 Å². The van der Waals surface area contributed by atoms with Crippen LogP contribution in [0.4, 0.5) is 0 Å². The van der Waals surface area contributed by atoms with Crippen molar-refractivity contribution in [2.24, 2.45) is 11.7 Å². The van der Waals surface area contributed by atoms with Crippen molar-refractivity contribution < 1.29 is 4.79 Å². The highest BCUT2D eigenvalue weighted by Gasteiger charge is 2.31. The minimum Gasteiger partial charge on any atom is -0.348 e. The molecule has 1 atom stereocenters. The van der Waals surface area contributed by atoms with Crippen LogP contribution in [0.3, 0.4) is 0 Å². The molecule has 0 bridgehead atoms. The first-order chi connectivity index (χ1) is 12.7. The fraction of sp³-hybridized carbons (Fsp3) is 0.300. The second-order valence-electron chi connectivity index (χ2n) is 6.64. The van der Waals surface area contributed by atoms with Crippen molar-refractivity contribution in [2.75, 3.05) is 6.54 Å². The molecular weight excluding hydrogens is 415 g/mol. The van der Waals surface area contributed by atoms with Crippen LogP contribution >= 0.6 is 36.6 Å². The fourth-order valence-corrected chi connectivity index (χ4v) is 4.04. The van der Waals surface area contributed by atoms with Gasteiger partial charge in [0.1, 0.15) is 5.65 Å². The van der Waals surface area contributed by atoms with Crippen LogP contribution < -0.4 is 11.1 Å². The van der Waals surface area contributed by atoms with Crippen molar-refractivity contribution in [3.05, 3.63) is 66.1 Å². The number of aromatic nitrogens is 2. The number of imidazole rings is 1. The summed E-state index contributed by atoms with van der Waals surface area (Å²) in [7, 11) is 0. The third kappa shape index (κ3) is 5.20. The van der Waals surface area contributed by atoms with Gasteiger partial charge in [0.05, 0.1) is 11.3 Å². The summed E-state index contributed by atoms with van der Waals surface area (Å²) < 4.78 is 2.01. The molecule has 150 valence electrons. The Morgan fingerprint density at radius 1 is 1.21 bits per heavy atom. The highest BCUT2D eigenvalue weighted by Crippen LogP contribution is 2.33. The Morgan fingerprint density at radius 2 is 1.96 bits per heavy atom. The molecule has 1 aromatic carbocycles. The molecule has 0 saturated heterocycles. The predicted octanol–water partition coefficient (Wildman–Crippen LogP) is 3.94. The third-order valence-corrected chi connectivity index (χ3v) is 5.79. The van der Waals surface area contributed by atoms with Crippen LogP contribution in [0.5, 0.6) is 0 Å². The van der Waals surface area contributed by atoms with Gasteiger partial charge in [-0.15, -0.1) is 36.6 Å². The average molecular weight is 439 g/mol. The quantitative estimate of drug-likeness (QED) is 0.547. The number of thioether (sulfide) groups is 1. The van der Waals surface area contributed by atoms with Gasteiger partial charge in [-0.1, -0.05) is 18.2 Å². The molecular formula is C20H24Cl2N4OS. The first kappa shape index (κ1) is 22.6. The standard InChI is InChI=1S/C20H22N4OS.2ClH/c21-11-17(14-8-9-14)23-20(25)16-5-1-2-6-18(16)26-13-15-12-24-10-4-3-7-19(24)22-15;;/h1-7,10,12,14,17H,8-9,11,13,21H2,(H,23,25);2*1H. The van der Waals surface area contributed by atoms with Crippen molar-refractivity contribution in [1.29, 1.82) is 0 Å². The summed E-state index contributed by atoms with van der Waals surface area (Å²) >= 11 is 1.63. The Balaban J connectivity index is 0.00000140. The molecule has 28 heavy (non-hydrogen) atoms. The Kier molecular flexibility index (Phi) is 8.19. The molecule has 2 heterocycles. The minimum absolute atomic E-state index is 0. The van der Waals surface area contributed by atoms with E-state index in [4.69, 9.17) is 5.73 Å². The molecule has 1 unspecified atom stereocenters. The smallest absolute Gasteiger partial charge is 0.252 e. The molecule has 3 aromatic rings. The van der Waals surface area contributed by atoms with Gasteiger partial charge in [0.2, 0.25) is 0 Å². The lowest BCUT2D eigenvalue weighted by molar-refractivity contribution is 0.0930. The molecule has 1 aliphatic rings. The maximum Gasteiger partial charge on any atom is 0.252 e. The number of nitrogens with two attached hydrogens (primary N) is 1. The Hall–Kier alpha value is -1.73. The van der Waals surface area contributed by atoms with Gasteiger partial charge in [0, 0.05) is 35.6 Å². The van der Waals surface area contributed by atoms with Crippen molar-refractivity contribution in [3.63, 3.8) is 0 Å². The summed E-state index contributed by atoms with van der Waals surface area (Å²) in [6.07, 6.45) is 6.34. The first-order valence-corrected chi connectivity index (χ1v) is 9.88. The van der Waals surface area contributed by atoms with Crippen LogP contribution in [0.25, 0.3) is 5.65 Å². The zero-order valence-electron chi connectivity index (χ0n) is 15.3. The molecule has 1 fully saturated rings. The van der Waals surface area contributed by atoms with Crippen LogP contribution in [-0.4, -0.2) is 27.9 Å². The predicted molar refractivity (Wildman–Crippen MR) is 119 cm³/mol. The summed E-state index contributed by atoms with van der Waals surface area (Å²) in [5.41, 5.74) is 8.46. The van der Waals surface area contributed by atoms with Crippen LogP contribution in [0.2, 0.25) is 0 Å². The van der Waals surface area contributed by atoms with E-state index in [0.29, 0.717) is 18.0 Å². The number of benzene rings is 1. The van der Waals surface area contributed by atoms with Gasteiger partial charge in [-0.05, 0) is 43.0 Å². The molecule has 0 radical (unpaired) electrons. The molecule has 3 N–H and O–H groups in total. The summed E-state index contributed by atoms with van der Waals surface area (Å²) in [5.74, 6) is 1.22. The number of halogens is 2. The zero-order chi connectivity index (χ0) is 17.9. The van der Waals surface area contributed by atoms with E-state index >= 15 is 0 Å². The number of nitrogens with zero attached hydrogens (tertiary/aromatic N) is 2. The number of carbonyl (C=O) groups is 1. The third-order valence-electron chi connectivity index (χ3n) is 4.68. The number of hydrogen-bond donors (Lipinski definition) is 2. The monoisotopic (exact) mass is 438 g/mol. The molecule has 1 amide bonds. The van der Waals surface area contributed by atoms with Crippen LogP contribution in [0.15, 0.2) is 59.8 Å². The SMILES string of the molecule is Cl.Cl.NCC(NC(=O)c1ccccc1SCc1cn2ccccc2n1)C1CC1. The van der Waals surface area contributed by atoms with Crippen molar-refractivity contribution in [2.45, 2.75) is 29.5 Å². The lowest BCUT2D eigenvalue weighted by atomic mass is 10.1. The van der Waals surface area contributed by atoms with Crippen molar-refractivity contribution >= 4 is 48.1 Å². The molecule has 1 saturated carbocycles. The van der Waals surface area contributed by atoms with Gasteiger partial charge in [0.15, 0.2) is 0 Å². The van der Waals surface area contributed by atoms with E-state index in [2.05, 4.69) is 10.3 Å². The minimum atomic E-state index is -0.0366. The summed E-state index contributed by atoms with van der Waals surface area (Å²) in [6, 6.07) is 13.8. The summed E-state index contributed by atoms with van der Waals surface area (Å²) in [5, 5.41) is 3.11. The number of fused-ring (bicyclic) bond motifs is 1. The fourth-order valence-electron chi connectivity index (χ4n) is 3.10. The number of rotatable bonds is 7. The van der Waals surface area contributed by atoms with E-state index in [-0.39, 0.29) is 36.8 Å². The van der Waals surface area contributed by atoms with E-state index in [9.17, 15) is 4.79 Å². The zero-order valence-corrected chi connectivity index (χ0v) is 17.7. The Labute approximate surface area is 181 Å². The number of carbonyl (C=O) groups excluding carboxylic acids is 1.